The molecule has 0 saturated heterocycles. The Bertz CT molecular complexity index is 521. The van der Waals surface area contributed by atoms with Gasteiger partial charge >= 0.3 is 5.97 Å². The van der Waals surface area contributed by atoms with E-state index in [1.54, 1.807) is 26.0 Å². The summed E-state index contributed by atoms with van der Waals surface area (Å²) in [5, 5.41) is 2.77. The quantitative estimate of drug-likeness (QED) is 0.819. The highest BCUT2D eigenvalue weighted by Crippen LogP contribution is 2.48. The van der Waals surface area contributed by atoms with Crippen LogP contribution in [0.1, 0.15) is 38.7 Å². The summed E-state index contributed by atoms with van der Waals surface area (Å²) in [6, 6.07) is 6.02. The van der Waals surface area contributed by atoms with Gasteiger partial charge in [0.15, 0.2) is 0 Å². The highest BCUT2D eigenvalue weighted by molar-refractivity contribution is 5.91. The lowest BCUT2D eigenvalue weighted by atomic mass is 9.95. The SMILES string of the molecule is CC(C)OC(=O)CCNC(=O)C1(c2ccc(F)cc2)CC1. The number of rotatable bonds is 6. The van der Waals surface area contributed by atoms with Crippen LogP contribution in [0.2, 0.25) is 0 Å². The molecule has 1 N–H and O–H groups in total. The van der Waals surface area contributed by atoms with Crippen molar-refractivity contribution in [2.45, 2.75) is 44.6 Å². The lowest BCUT2D eigenvalue weighted by Crippen LogP contribution is -2.36. The van der Waals surface area contributed by atoms with Gasteiger partial charge in [0.05, 0.1) is 17.9 Å². The van der Waals surface area contributed by atoms with Crippen molar-refractivity contribution >= 4 is 11.9 Å². The zero-order valence-corrected chi connectivity index (χ0v) is 12.3. The van der Waals surface area contributed by atoms with Crippen LogP contribution in [-0.4, -0.2) is 24.5 Å². The first kappa shape index (κ1) is 15.5. The lowest BCUT2D eigenvalue weighted by molar-refractivity contribution is -0.147. The minimum absolute atomic E-state index is 0.105. The van der Waals surface area contributed by atoms with Gasteiger partial charge < -0.3 is 10.1 Å². The van der Waals surface area contributed by atoms with Gasteiger partial charge in [0.2, 0.25) is 5.91 Å². The average molecular weight is 293 g/mol. The minimum atomic E-state index is -0.546. The third kappa shape index (κ3) is 3.80. The van der Waals surface area contributed by atoms with Crippen LogP contribution in [0.25, 0.3) is 0 Å². The van der Waals surface area contributed by atoms with Crippen molar-refractivity contribution in [2.24, 2.45) is 0 Å². The Labute approximate surface area is 123 Å². The minimum Gasteiger partial charge on any atom is -0.463 e. The molecule has 1 amide bonds. The number of nitrogens with one attached hydrogen (secondary N) is 1. The van der Waals surface area contributed by atoms with Gasteiger partial charge in [0, 0.05) is 6.54 Å². The fourth-order valence-electron chi connectivity index (χ4n) is 2.31. The maximum atomic E-state index is 12.9. The molecule has 4 nitrogen and oxygen atoms in total. The molecule has 0 spiro atoms. The van der Waals surface area contributed by atoms with Crippen LogP contribution in [0.5, 0.6) is 0 Å². The molecule has 0 unspecified atom stereocenters. The highest BCUT2D eigenvalue weighted by atomic mass is 19.1. The number of halogens is 1. The third-order valence-electron chi connectivity index (χ3n) is 3.56. The molecule has 1 aliphatic carbocycles. The number of carbonyl (C=O) groups excluding carboxylic acids is 2. The first-order valence-electron chi connectivity index (χ1n) is 7.18. The molecule has 1 aliphatic rings. The van der Waals surface area contributed by atoms with E-state index in [0.29, 0.717) is 0 Å². The van der Waals surface area contributed by atoms with Crippen LogP contribution in [0.3, 0.4) is 0 Å². The first-order chi connectivity index (χ1) is 9.94. The van der Waals surface area contributed by atoms with Crippen LogP contribution >= 0.6 is 0 Å². The second-order valence-corrected chi connectivity index (χ2v) is 5.63. The fraction of sp³-hybridized carbons (Fsp3) is 0.500. The van der Waals surface area contributed by atoms with Crippen molar-refractivity contribution in [3.8, 4) is 0 Å². The van der Waals surface area contributed by atoms with E-state index in [1.807, 2.05) is 0 Å². The topological polar surface area (TPSA) is 55.4 Å². The number of amides is 1. The van der Waals surface area contributed by atoms with Crippen LogP contribution in [0.4, 0.5) is 4.39 Å². The summed E-state index contributed by atoms with van der Waals surface area (Å²) in [7, 11) is 0. The summed E-state index contributed by atoms with van der Waals surface area (Å²) in [5.41, 5.74) is 0.279. The van der Waals surface area contributed by atoms with E-state index in [0.717, 1.165) is 18.4 Å². The number of ether oxygens (including phenoxy) is 1. The van der Waals surface area contributed by atoms with E-state index in [9.17, 15) is 14.0 Å². The summed E-state index contributed by atoms with van der Waals surface area (Å²) in [4.78, 5) is 23.7. The van der Waals surface area contributed by atoms with Crippen molar-refractivity contribution in [3.63, 3.8) is 0 Å². The van der Waals surface area contributed by atoms with Gasteiger partial charge in [-0.1, -0.05) is 12.1 Å². The number of benzene rings is 1. The summed E-state index contributed by atoms with van der Waals surface area (Å²) >= 11 is 0. The van der Waals surface area contributed by atoms with Crippen LogP contribution in [0, 0.1) is 5.82 Å². The molecule has 1 aromatic rings. The molecular weight excluding hydrogens is 273 g/mol. The molecule has 1 aromatic carbocycles. The normalized spacial score (nSPS) is 15.6. The van der Waals surface area contributed by atoms with Gasteiger partial charge in [-0.3, -0.25) is 9.59 Å². The molecule has 0 bridgehead atoms. The van der Waals surface area contributed by atoms with Gasteiger partial charge in [-0.2, -0.15) is 0 Å². The molecule has 2 rings (SSSR count). The van der Waals surface area contributed by atoms with Gasteiger partial charge in [-0.25, -0.2) is 4.39 Å². The molecule has 0 aliphatic heterocycles. The van der Waals surface area contributed by atoms with Crippen molar-refractivity contribution in [2.75, 3.05) is 6.54 Å². The maximum Gasteiger partial charge on any atom is 0.307 e. The van der Waals surface area contributed by atoms with Gasteiger partial charge in [-0.15, -0.1) is 0 Å². The van der Waals surface area contributed by atoms with Gasteiger partial charge in [0.1, 0.15) is 5.82 Å². The van der Waals surface area contributed by atoms with E-state index in [-0.39, 0.29) is 36.8 Å². The Morgan fingerprint density at radius 2 is 1.90 bits per heavy atom. The van der Waals surface area contributed by atoms with E-state index >= 15 is 0 Å². The summed E-state index contributed by atoms with van der Waals surface area (Å²) < 4.78 is 17.9. The molecule has 5 heteroatoms. The van der Waals surface area contributed by atoms with Gasteiger partial charge in [0.25, 0.3) is 0 Å². The molecule has 0 atom stereocenters. The van der Waals surface area contributed by atoms with Gasteiger partial charge in [-0.05, 0) is 44.4 Å². The highest BCUT2D eigenvalue weighted by Gasteiger charge is 2.51. The largest absolute Gasteiger partial charge is 0.463 e. The average Bonchev–Trinajstić information content (AvgIpc) is 3.20. The van der Waals surface area contributed by atoms with Crippen molar-refractivity contribution < 1.29 is 18.7 Å². The molecular formula is C16H20FNO3. The van der Waals surface area contributed by atoms with Crippen molar-refractivity contribution in [3.05, 3.63) is 35.6 Å². The summed E-state index contributed by atoms with van der Waals surface area (Å²) in [5.74, 6) is -0.741. The zero-order valence-electron chi connectivity index (χ0n) is 12.3. The van der Waals surface area contributed by atoms with E-state index in [2.05, 4.69) is 5.32 Å². The third-order valence-corrected chi connectivity index (χ3v) is 3.56. The summed E-state index contributed by atoms with van der Waals surface area (Å²) in [6.07, 6.45) is 1.51. The first-order valence-corrected chi connectivity index (χ1v) is 7.18. The Morgan fingerprint density at radius 1 is 1.29 bits per heavy atom. The zero-order chi connectivity index (χ0) is 15.5. The monoisotopic (exact) mass is 293 g/mol. The van der Waals surface area contributed by atoms with Crippen molar-refractivity contribution in [1.29, 1.82) is 0 Å². The Morgan fingerprint density at radius 3 is 2.43 bits per heavy atom. The van der Waals surface area contributed by atoms with E-state index in [4.69, 9.17) is 4.74 Å². The fourth-order valence-corrected chi connectivity index (χ4v) is 2.31. The van der Waals surface area contributed by atoms with Crippen LogP contribution in [-0.2, 0) is 19.7 Å². The van der Waals surface area contributed by atoms with E-state index in [1.165, 1.54) is 12.1 Å². The Kier molecular flexibility index (Phi) is 4.60. The van der Waals surface area contributed by atoms with E-state index < -0.39 is 5.41 Å². The smallest absolute Gasteiger partial charge is 0.307 e. The molecule has 1 saturated carbocycles. The Hall–Kier alpha value is -1.91. The predicted octanol–water partition coefficient (Wildman–Crippen LogP) is 2.32. The molecule has 0 heterocycles. The predicted molar refractivity (Wildman–Crippen MR) is 76.2 cm³/mol. The lowest BCUT2D eigenvalue weighted by Gasteiger charge is -2.16. The molecule has 0 radical (unpaired) electrons. The molecule has 0 aromatic heterocycles. The number of carbonyl (C=O) groups is 2. The standard InChI is InChI=1S/C16H20FNO3/c1-11(2)21-14(19)7-10-18-15(20)16(8-9-16)12-3-5-13(17)6-4-12/h3-6,11H,7-10H2,1-2H3,(H,18,20). The molecule has 21 heavy (non-hydrogen) atoms. The maximum absolute atomic E-state index is 12.9. The van der Waals surface area contributed by atoms with Crippen LogP contribution < -0.4 is 5.32 Å². The summed E-state index contributed by atoms with van der Waals surface area (Å²) in [6.45, 7) is 3.82. The number of hydrogen-bond acceptors (Lipinski definition) is 3. The van der Waals surface area contributed by atoms with Crippen molar-refractivity contribution in [1.82, 2.24) is 5.32 Å². The second kappa shape index (κ2) is 6.24. The number of esters is 1. The molecule has 114 valence electrons. The van der Waals surface area contributed by atoms with Crippen LogP contribution in [0.15, 0.2) is 24.3 Å². The Balaban J connectivity index is 1.86. The molecule has 1 fully saturated rings. The second-order valence-electron chi connectivity index (χ2n) is 5.63. The number of hydrogen-bond donors (Lipinski definition) is 1.